The molecule has 3 rings (SSSR count). The second-order valence-corrected chi connectivity index (χ2v) is 6.64. The largest absolute Gasteiger partial charge is 0.353 e. The van der Waals surface area contributed by atoms with Crippen LogP contribution in [0.15, 0.2) is 18.3 Å². The second-order valence-electron chi connectivity index (χ2n) is 6.64. The van der Waals surface area contributed by atoms with Crippen molar-refractivity contribution in [1.29, 1.82) is 0 Å². The van der Waals surface area contributed by atoms with Crippen LogP contribution >= 0.6 is 0 Å². The molecule has 1 aromatic heterocycles. The van der Waals surface area contributed by atoms with Crippen LogP contribution < -0.4 is 10.2 Å². The van der Waals surface area contributed by atoms with Crippen LogP contribution in [0.1, 0.15) is 64.0 Å². The number of nitrogens with one attached hydrogen (secondary N) is 1. The van der Waals surface area contributed by atoms with Gasteiger partial charge in [-0.1, -0.05) is 25.8 Å². The highest BCUT2D eigenvalue weighted by Gasteiger charge is 2.35. The van der Waals surface area contributed by atoms with Gasteiger partial charge in [-0.05, 0) is 51.1 Å². The average molecular weight is 287 g/mol. The molecule has 0 spiro atoms. The topological polar surface area (TPSA) is 28.2 Å². The van der Waals surface area contributed by atoms with E-state index in [4.69, 9.17) is 4.98 Å². The molecule has 0 bridgehead atoms. The van der Waals surface area contributed by atoms with E-state index in [-0.39, 0.29) is 0 Å². The van der Waals surface area contributed by atoms with Gasteiger partial charge in [-0.25, -0.2) is 4.98 Å². The van der Waals surface area contributed by atoms with E-state index in [9.17, 15) is 0 Å². The quantitative estimate of drug-likeness (QED) is 0.890. The molecule has 2 heterocycles. The Morgan fingerprint density at radius 2 is 2.10 bits per heavy atom. The second kappa shape index (κ2) is 6.78. The van der Waals surface area contributed by atoms with Crippen LogP contribution in [0, 0.1) is 5.92 Å². The molecule has 21 heavy (non-hydrogen) atoms. The Morgan fingerprint density at radius 1 is 1.29 bits per heavy atom. The third-order valence-corrected chi connectivity index (χ3v) is 5.31. The first-order valence-corrected chi connectivity index (χ1v) is 8.76. The van der Waals surface area contributed by atoms with Gasteiger partial charge < -0.3 is 10.2 Å². The van der Waals surface area contributed by atoms with Gasteiger partial charge in [0, 0.05) is 30.4 Å². The first kappa shape index (κ1) is 14.8. The van der Waals surface area contributed by atoms with Crippen LogP contribution in [-0.4, -0.2) is 24.1 Å². The molecule has 1 aliphatic heterocycles. The molecular weight excluding hydrogens is 258 g/mol. The maximum atomic E-state index is 4.77. The van der Waals surface area contributed by atoms with Gasteiger partial charge in [0.25, 0.3) is 0 Å². The number of hydrogen-bond donors (Lipinski definition) is 1. The van der Waals surface area contributed by atoms with Crippen LogP contribution in [0.3, 0.4) is 0 Å². The summed E-state index contributed by atoms with van der Waals surface area (Å²) in [6.07, 6.45) is 10.3. The van der Waals surface area contributed by atoms with Crippen LogP contribution in [0.2, 0.25) is 0 Å². The molecule has 116 valence electrons. The predicted octanol–water partition coefficient (Wildman–Crippen LogP) is 3.91. The highest BCUT2D eigenvalue weighted by Crippen LogP contribution is 2.38. The molecule has 0 amide bonds. The summed E-state index contributed by atoms with van der Waals surface area (Å²) in [6.45, 7) is 6.61. The normalized spacial score (nSPS) is 24.7. The van der Waals surface area contributed by atoms with Gasteiger partial charge >= 0.3 is 0 Å². The fraction of sp³-hybridized carbons (Fsp3) is 0.722. The molecule has 1 saturated carbocycles. The maximum absolute atomic E-state index is 4.77. The van der Waals surface area contributed by atoms with Crippen molar-refractivity contribution >= 4 is 5.82 Å². The first-order chi connectivity index (χ1) is 10.3. The Balaban J connectivity index is 1.84. The molecule has 0 aromatic carbocycles. The van der Waals surface area contributed by atoms with E-state index in [0.29, 0.717) is 6.04 Å². The Bertz CT molecular complexity index is 454. The lowest BCUT2D eigenvalue weighted by molar-refractivity contribution is 0.428. The number of hydrogen-bond acceptors (Lipinski definition) is 3. The van der Waals surface area contributed by atoms with Gasteiger partial charge in [0.2, 0.25) is 0 Å². The van der Waals surface area contributed by atoms with Gasteiger partial charge in [0.05, 0.1) is 0 Å². The summed E-state index contributed by atoms with van der Waals surface area (Å²) in [4.78, 5) is 7.40. The molecule has 3 heteroatoms. The SMILES string of the molecule is CCNC(C)c1cccnc1N1CCCC1C1CCCC1. The number of aromatic nitrogens is 1. The summed E-state index contributed by atoms with van der Waals surface area (Å²) in [5.74, 6) is 2.14. The van der Waals surface area contributed by atoms with E-state index in [1.54, 1.807) is 0 Å². The zero-order chi connectivity index (χ0) is 14.7. The Hall–Kier alpha value is -1.09. The molecule has 2 unspecified atom stereocenters. The molecule has 1 aromatic rings. The highest BCUT2D eigenvalue weighted by molar-refractivity contribution is 5.50. The van der Waals surface area contributed by atoms with Crippen molar-refractivity contribution in [3.8, 4) is 0 Å². The lowest BCUT2D eigenvalue weighted by Gasteiger charge is -2.32. The summed E-state index contributed by atoms with van der Waals surface area (Å²) in [7, 11) is 0. The van der Waals surface area contributed by atoms with Crippen molar-refractivity contribution in [1.82, 2.24) is 10.3 Å². The molecular formula is C18H29N3. The van der Waals surface area contributed by atoms with E-state index in [2.05, 4.69) is 36.2 Å². The monoisotopic (exact) mass is 287 g/mol. The molecule has 2 fully saturated rings. The minimum absolute atomic E-state index is 0.378. The highest BCUT2D eigenvalue weighted by atomic mass is 15.2. The minimum atomic E-state index is 0.378. The minimum Gasteiger partial charge on any atom is -0.353 e. The standard InChI is InChI=1S/C18H29N3/c1-3-19-14(2)16-10-6-12-20-18(16)21-13-7-11-17(21)15-8-4-5-9-15/h6,10,12,14-15,17,19H,3-5,7-9,11,13H2,1-2H3. The fourth-order valence-corrected chi connectivity index (χ4v) is 4.29. The molecule has 1 N–H and O–H groups in total. The summed E-state index contributed by atoms with van der Waals surface area (Å²) in [6, 6.07) is 5.44. The van der Waals surface area contributed by atoms with Crippen molar-refractivity contribution in [2.45, 2.75) is 64.5 Å². The van der Waals surface area contributed by atoms with Crippen molar-refractivity contribution < 1.29 is 0 Å². The number of rotatable bonds is 5. The van der Waals surface area contributed by atoms with Crippen molar-refractivity contribution in [3.05, 3.63) is 23.9 Å². The van der Waals surface area contributed by atoms with Crippen molar-refractivity contribution in [2.24, 2.45) is 5.92 Å². The van der Waals surface area contributed by atoms with Gasteiger partial charge in [-0.3, -0.25) is 0 Å². The molecule has 2 atom stereocenters. The Morgan fingerprint density at radius 3 is 2.86 bits per heavy atom. The molecule has 1 aliphatic carbocycles. The smallest absolute Gasteiger partial charge is 0.133 e. The number of nitrogens with zero attached hydrogens (tertiary/aromatic N) is 2. The van der Waals surface area contributed by atoms with Crippen LogP contribution in [0.4, 0.5) is 5.82 Å². The predicted molar refractivity (Wildman–Crippen MR) is 88.7 cm³/mol. The molecule has 1 saturated heterocycles. The number of anilines is 1. The lowest BCUT2D eigenvalue weighted by Crippen LogP contribution is -2.36. The number of pyridine rings is 1. The van der Waals surface area contributed by atoms with Crippen molar-refractivity contribution in [2.75, 3.05) is 18.0 Å². The zero-order valence-corrected chi connectivity index (χ0v) is 13.5. The van der Waals surface area contributed by atoms with Crippen LogP contribution in [0.25, 0.3) is 0 Å². The third kappa shape index (κ3) is 3.08. The molecule has 2 aliphatic rings. The van der Waals surface area contributed by atoms with Crippen LogP contribution in [-0.2, 0) is 0 Å². The van der Waals surface area contributed by atoms with E-state index >= 15 is 0 Å². The average Bonchev–Trinajstić information content (AvgIpc) is 3.18. The van der Waals surface area contributed by atoms with E-state index in [1.807, 2.05) is 6.20 Å². The van der Waals surface area contributed by atoms with Gasteiger partial charge in [0.15, 0.2) is 0 Å². The molecule has 0 radical (unpaired) electrons. The van der Waals surface area contributed by atoms with Gasteiger partial charge in [0.1, 0.15) is 5.82 Å². The van der Waals surface area contributed by atoms with Gasteiger partial charge in [-0.15, -0.1) is 0 Å². The Kier molecular flexibility index (Phi) is 4.79. The Labute approximate surface area is 129 Å². The van der Waals surface area contributed by atoms with E-state index in [1.165, 1.54) is 56.5 Å². The van der Waals surface area contributed by atoms with Crippen LogP contribution in [0.5, 0.6) is 0 Å². The van der Waals surface area contributed by atoms with E-state index in [0.717, 1.165) is 18.5 Å². The fourth-order valence-electron chi connectivity index (χ4n) is 4.29. The zero-order valence-electron chi connectivity index (χ0n) is 13.5. The summed E-state index contributed by atoms with van der Waals surface area (Å²) in [5, 5.41) is 3.54. The summed E-state index contributed by atoms with van der Waals surface area (Å²) in [5.41, 5.74) is 1.37. The van der Waals surface area contributed by atoms with Gasteiger partial charge in [-0.2, -0.15) is 0 Å². The van der Waals surface area contributed by atoms with E-state index < -0.39 is 0 Å². The summed E-state index contributed by atoms with van der Waals surface area (Å²) >= 11 is 0. The van der Waals surface area contributed by atoms with Crippen molar-refractivity contribution in [3.63, 3.8) is 0 Å². The maximum Gasteiger partial charge on any atom is 0.133 e. The third-order valence-electron chi connectivity index (χ3n) is 5.31. The summed E-state index contributed by atoms with van der Waals surface area (Å²) < 4.78 is 0. The first-order valence-electron chi connectivity index (χ1n) is 8.76. The molecule has 3 nitrogen and oxygen atoms in total. The lowest BCUT2D eigenvalue weighted by atomic mass is 9.95.